The van der Waals surface area contributed by atoms with Gasteiger partial charge in [-0.05, 0) is 11.6 Å². The number of hydrogen-bond acceptors (Lipinski definition) is 4. The van der Waals surface area contributed by atoms with Gasteiger partial charge in [0.05, 0.1) is 13.7 Å². The molecule has 0 spiro atoms. The van der Waals surface area contributed by atoms with Gasteiger partial charge in [0.15, 0.2) is 11.5 Å². The molecular formula is C14H19BrN2O2. The molecule has 1 saturated heterocycles. The Balaban J connectivity index is 1.88. The number of fused-ring (bicyclic) bond motifs is 1. The van der Waals surface area contributed by atoms with Gasteiger partial charge in [0.1, 0.15) is 0 Å². The van der Waals surface area contributed by atoms with Crippen molar-refractivity contribution in [2.75, 3.05) is 39.9 Å². The van der Waals surface area contributed by atoms with E-state index in [1.165, 1.54) is 15.6 Å². The molecule has 1 aromatic rings. The van der Waals surface area contributed by atoms with Crippen LogP contribution < -0.4 is 14.8 Å². The summed E-state index contributed by atoms with van der Waals surface area (Å²) in [6.45, 7) is 6.06. The normalized spacial score (nSPS) is 19.1. The first-order valence-electron chi connectivity index (χ1n) is 6.73. The third-order valence-electron chi connectivity index (χ3n) is 3.77. The van der Waals surface area contributed by atoms with Crippen molar-refractivity contribution in [1.82, 2.24) is 10.2 Å². The van der Waals surface area contributed by atoms with Crippen LogP contribution in [0.1, 0.15) is 11.1 Å². The Morgan fingerprint density at radius 1 is 1.42 bits per heavy atom. The SMILES string of the molecule is COc1cc(CN2CCNCC2)c(Br)c2c1OCC2. The third-order valence-corrected chi connectivity index (χ3v) is 4.76. The Morgan fingerprint density at radius 3 is 2.95 bits per heavy atom. The van der Waals surface area contributed by atoms with Crippen molar-refractivity contribution >= 4 is 15.9 Å². The van der Waals surface area contributed by atoms with Gasteiger partial charge < -0.3 is 14.8 Å². The Bertz CT molecular complexity index is 473. The van der Waals surface area contributed by atoms with Gasteiger partial charge in [-0.2, -0.15) is 0 Å². The quantitative estimate of drug-likeness (QED) is 0.918. The Kier molecular flexibility index (Phi) is 3.96. The summed E-state index contributed by atoms with van der Waals surface area (Å²) >= 11 is 3.74. The van der Waals surface area contributed by atoms with Gasteiger partial charge in [-0.3, -0.25) is 4.90 Å². The highest BCUT2D eigenvalue weighted by Gasteiger charge is 2.24. The number of benzene rings is 1. The van der Waals surface area contributed by atoms with E-state index in [1.54, 1.807) is 7.11 Å². The zero-order valence-corrected chi connectivity index (χ0v) is 12.8. The molecule has 2 heterocycles. The molecule has 4 nitrogen and oxygen atoms in total. The number of hydrogen-bond donors (Lipinski definition) is 1. The standard InChI is InChI=1S/C14H19BrN2O2/c1-18-12-8-10(9-17-5-3-16-4-6-17)13(15)11-2-7-19-14(11)12/h8,16H,2-7,9H2,1H3. The molecular weight excluding hydrogens is 308 g/mol. The summed E-state index contributed by atoms with van der Waals surface area (Å²) in [5.41, 5.74) is 2.55. The second kappa shape index (κ2) is 5.69. The topological polar surface area (TPSA) is 33.7 Å². The predicted octanol–water partition coefficient (Wildman–Crippen LogP) is 1.80. The summed E-state index contributed by atoms with van der Waals surface area (Å²) in [5.74, 6) is 1.78. The lowest BCUT2D eigenvalue weighted by Crippen LogP contribution is -2.42. The molecule has 1 fully saturated rings. The highest BCUT2D eigenvalue weighted by atomic mass is 79.9. The molecule has 2 aliphatic rings. The van der Waals surface area contributed by atoms with Gasteiger partial charge in [0.25, 0.3) is 0 Å². The lowest BCUT2D eigenvalue weighted by atomic mass is 10.1. The summed E-state index contributed by atoms with van der Waals surface area (Å²) in [5, 5.41) is 3.38. The van der Waals surface area contributed by atoms with Crippen LogP contribution in [0.15, 0.2) is 10.5 Å². The Labute approximate surface area is 122 Å². The molecule has 0 aromatic heterocycles. The van der Waals surface area contributed by atoms with E-state index in [1.807, 2.05) is 0 Å². The van der Waals surface area contributed by atoms with Gasteiger partial charge in [-0.15, -0.1) is 0 Å². The molecule has 1 aromatic carbocycles. The lowest BCUT2D eigenvalue weighted by molar-refractivity contribution is 0.232. The number of ether oxygens (including phenoxy) is 2. The lowest BCUT2D eigenvalue weighted by Gasteiger charge is -2.28. The summed E-state index contributed by atoms with van der Waals surface area (Å²) in [4.78, 5) is 2.47. The number of halogens is 1. The van der Waals surface area contributed by atoms with Gasteiger partial charge >= 0.3 is 0 Å². The van der Waals surface area contributed by atoms with Crippen molar-refractivity contribution in [2.24, 2.45) is 0 Å². The molecule has 0 saturated carbocycles. The molecule has 0 unspecified atom stereocenters. The highest BCUT2D eigenvalue weighted by Crippen LogP contribution is 2.42. The molecule has 0 radical (unpaired) electrons. The van der Waals surface area contributed by atoms with Crippen molar-refractivity contribution in [3.05, 3.63) is 21.7 Å². The summed E-state index contributed by atoms with van der Waals surface area (Å²) < 4.78 is 12.3. The number of rotatable bonds is 3. The summed E-state index contributed by atoms with van der Waals surface area (Å²) in [6, 6.07) is 2.11. The van der Waals surface area contributed by atoms with Crippen LogP contribution in [-0.2, 0) is 13.0 Å². The zero-order valence-electron chi connectivity index (χ0n) is 11.2. The van der Waals surface area contributed by atoms with Crippen molar-refractivity contribution in [3.8, 4) is 11.5 Å². The maximum Gasteiger partial charge on any atom is 0.165 e. The highest BCUT2D eigenvalue weighted by molar-refractivity contribution is 9.10. The summed E-state index contributed by atoms with van der Waals surface area (Å²) in [7, 11) is 1.71. The number of nitrogens with one attached hydrogen (secondary N) is 1. The molecule has 5 heteroatoms. The average molecular weight is 327 g/mol. The van der Waals surface area contributed by atoms with Crippen LogP contribution in [0.25, 0.3) is 0 Å². The molecule has 1 N–H and O–H groups in total. The van der Waals surface area contributed by atoms with Crippen molar-refractivity contribution in [3.63, 3.8) is 0 Å². The first-order chi connectivity index (χ1) is 9.29. The summed E-state index contributed by atoms with van der Waals surface area (Å²) in [6.07, 6.45) is 0.960. The number of methoxy groups -OCH3 is 1. The van der Waals surface area contributed by atoms with E-state index in [0.717, 1.165) is 57.3 Å². The van der Waals surface area contributed by atoms with Crippen molar-refractivity contribution in [2.45, 2.75) is 13.0 Å². The third kappa shape index (κ3) is 2.59. The maximum atomic E-state index is 5.67. The molecule has 3 rings (SSSR count). The first-order valence-corrected chi connectivity index (χ1v) is 7.53. The van der Waals surface area contributed by atoms with E-state index in [2.05, 4.69) is 32.2 Å². The van der Waals surface area contributed by atoms with Crippen LogP contribution >= 0.6 is 15.9 Å². The van der Waals surface area contributed by atoms with E-state index >= 15 is 0 Å². The number of nitrogens with zero attached hydrogens (tertiary/aromatic N) is 1. The molecule has 2 aliphatic heterocycles. The van der Waals surface area contributed by atoms with E-state index < -0.39 is 0 Å². The Morgan fingerprint density at radius 2 is 2.21 bits per heavy atom. The fourth-order valence-electron chi connectivity index (χ4n) is 2.74. The minimum atomic E-state index is 0.751. The van der Waals surface area contributed by atoms with Gasteiger partial charge in [-0.1, -0.05) is 15.9 Å². The van der Waals surface area contributed by atoms with Gasteiger partial charge in [0.2, 0.25) is 0 Å². The zero-order chi connectivity index (χ0) is 13.2. The smallest absolute Gasteiger partial charge is 0.165 e. The molecule has 19 heavy (non-hydrogen) atoms. The van der Waals surface area contributed by atoms with Crippen LogP contribution in [0.3, 0.4) is 0 Å². The van der Waals surface area contributed by atoms with Gasteiger partial charge in [0, 0.05) is 49.2 Å². The van der Waals surface area contributed by atoms with E-state index in [-0.39, 0.29) is 0 Å². The van der Waals surface area contributed by atoms with E-state index in [0.29, 0.717) is 0 Å². The predicted molar refractivity (Wildman–Crippen MR) is 78.0 cm³/mol. The molecule has 0 bridgehead atoms. The monoisotopic (exact) mass is 326 g/mol. The Hall–Kier alpha value is -0.780. The minimum Gasteiger partial charge on any atom is -0.493 e. The fraction of sp³-hybridized carbons (Fsp3) is 0.571. The fourth-order valence-corrected chi connectivity index (χ4v) is 3.36. The van der Waals surface area contributed by atoms with Crippen LogP contribution in [0.5, 0.6) is 11.5 Å². The second-order valence-corrected chi connectivity index (χ2v) is 5.78. The van der Waals surface area contributed by atoms with Crippen LogP contribution in [0.2, 0.25) is 0 Å². The van der Waals surface area contributed by atoms with E-state index in [9.17, 15) is 0 Å². The number of piperazine rings is 1. The van der Waals surface area contributed by atoms with Crippen molar-refractivity contribution in [1.29, 1.82) is 0 Å². The van der Waals surface area contributed by atoms with Crippen molar-refractivity contribution < 1.29 is 9.47 Å². The van der Waals surface area contributed by atoms with E-state index in [4.69, 9.17) is 9.47 Å². The van der Waals surface area contributed by atoms with Gasteiger partial charge in [-0.25, -0.2) is 0 Å². The van der Waals surface area contributed by atoms with Crippen LogP contribution in [-0.4, -0.2) is 44.8 Å². The largest absolute Gasteiger partial charge is 0.493 e. The second-order valence-electron chi connectivity index (χ2n) is 4.98. The molecule has 0 atom stereocenters. The molecule has 0 aliphatic carbocycles. The van der Waals surface area contributed by atoms with Crippen LogP contribution in [0, 0.1) is 0 Å². The minimum absolute atomic E-state index is 0.751. The molecule has 104 valence electrons. The maximum absolute atomic E-state index is 5.67. The van der Waals surface area contributed by atoms with Crippen LogP contribution in [0.4, 0.5) is 0 Å². The molecule has 0 amide bonds. The average Bonchev–Trinajstić information content (AvgIpc) is 2.93. The first kappa shape index (κ1) is 13.2.